The van der Waals surface area contributed by atoms with E-state index in [4.69, 9.17) is 0 Å². The molecule has 2 heterocycles. The van der Waals surface area contributed by atoms with Crippen molar-refractivity contribution in [2.24, 2.45) is 5.41 Å². The predicted molar refractivity (Wildman–Crippen MR) is 65.0 cm³/mol. The lowest BCUT2D eigenvalue weighted by atomic mass is 9.55. The fourth-order valence-electron chi connectivity index (χ4n) is 3.46. The number of benzene rings is 1. The third-order valence-electron chi connectivity index (χ3n) is 4.49. The van der Waals surface area contributed by atoms with Crippen LogP contribution in [0.3, 0.4) is 0 Å². The van der Waals surface area contributed by atoms with Gasteiger partial charge in [0, 0.05) is 0 Å². The highest BCUT2D eigenvalue weighted by atomic mass is 16.4. The van der Waals surface area contributed by atoms with Gasteiger partial charge in [0.2, 0.25) is 5.91 Å². The van der Waals surface area contributed by atoms with Crippen molar-refractivity contribution in [1.82, 2.24) is 5.32 Å². The molecule has 1 aromatic rings. The zero-order valence-electron chi connectivity index (χ0n) is 10.4. The molecule has 1 amide bonds. The second-order valence-corrected chi connectivity index (χ2v) is 5.73. The number of piperidine rings is 1. The van der Waals surface area contributed by atoms with Gasteiger partial charge in [-0.05, 0) is 31.4 Å². The Labute approximate surface area is 105 Å². The van der Waals surface area contributed by atoms with Crippen molar-refractivity contribution in [2.75, 3.05) is 0 Å². The average Bonchev–Trinajstić information content (AvgIpc) is 2.32. The Morgan fingerprint density at radius 1 is 1.39 bits per heavy atom. The molecule has 1 aliphatic carbocycles. The number of hydrogen-bond donors (Lipinski definition) is 2. The van der Waals surface area contributed by atoms with Gasteiger partial charge in [0.05, 0.1) is 16.9 Å². The molecule has 4 rings (SSSR count). The van der Waals surface area contributed by atoms with Crippen molar-refractivity contribution in [3.63, 3.8) is 0 Å². The van der Waals surface area contributed by atoms with Crippen LogP contribution in [0.15, 0.2) is 24.3 Å². The highest BCUT2D eigenvalue weighted by molar-refractivity contribution is 5.95. The van der Waals surface area contributed by atoms with E-state index in [1.807, 2.05) is 31.2 Å². The van der Waals surface area contributed by atoms with Gasteiger partial charge in [-0.25, -0.2) is 0 Å². The molecule has 2 unspecified atom stereocenters. The average molecular weight is 245 g/mol. The van der Waals surface area contributed by atoms with Gasteiger partial charge >= 0.3 is 5.97 Å². The summed E-state index contributed by atoms with van der Waals surface area (Å²) in [5.74, 6) is -0.918. The number of carbonyl (C=O) groups is 2. The standard InChI is InChI=1S/C14H15NO3/c1-13-7-14(2,12(17)18)10(15-11(13)16)8-5-3-4-6-9(8)13/h3-6,10H,7H2,1-2H3,(H,15,16)(H,17,18)/t10?,13-,14?/m0/s1. The van der Waals surface area contributed by atoms with Crippen molar-refractivity contribution in [1.29, 1.82) is 0 Å². The van der Waals surface area contributed by atoms with Gasteiger partial charge in [0.1, 0.15) is 0 Å². The van der Waals surface area contributed by atoms with Crippen molar-refractivity contribution < 1.29 is 14.7 Å². The number of carboxylic acids is 1. The van der Waals surface area contributed by atoms with Crippen molar-refractivity contribution in [3.05, 3.63) is 35.4 Å². The fraction of sp³-hybridized carbons (Fsp3) is 0.429. The molecule has 94 valence electrons. The quantitative estimate of drug-likeness (QED) is 0.790. The lowest BCUT2D eigenvalue weighted by Gasteiger charge is -2.53. The number of hydrogen-bond acceptors (Lipinski definition) is 2. The smallest absolute Gasteiger partial charge is 0.311 e. The van der Waals surface area contributed by atoms with Crippen LogP contribution < -0.4 is 5.32 Å². The van der Waals surface area contributed by atoms with Gasteiger partial charge in [-0.15, -0.1) is 0 Å². The van der Waals surface area contributed by atoms with Gasteiger partial charge in [-0.1, -0.05) is 24.3 Å². The van der Waals surface area contributed by atoms with Crippen LogP contribution in [-0.4, -0.2) is 17.0 Å². The maximum absolute atomic E-state index is 12.1. The summed E-state index contributed by atoms with van der Waals surface area (Å²) in [7, 11) is 0. The van der Waals surface area contributed by atoms with E-state index in [9.17, 15) is 14.7 Å². The summed E-state index contributed by atoms with van der Waals surface area (Å²) in [6.45, 7) is 3.55. The molecule has 3 aliphatic rings. The predicted octanol–water partition coefficient (Wildman–Crippen LogP) is 1.61. The number of fused-ring (bicyclic) bond motifs is 2. The molecule has 2 aliphatic heterocycles. The molecule has 1 fully saturated rings. The highest BCUT2D eigenvalue weighted by Gasteiger charge is 2.60. The van der Waals surface area contributed by atoms with Crippen LogP contribution >= 0.6 is 0 Å². The van der Waals surface area contributed by atoms with Crippen LogP contribution in [0.4, 0.5) is 0 Å². The topological polar surface area (TPSA) is 66.4 Å². The van der Waals surface area contributed by atoms with Crippen molar-refractivity contribution >= 4 is 11.9 Å². The minimum Gasteiger partial charge on any atom is -0.481 e. The van der Waals surface area contributed by atoms with E-state index in [-0.39, 0.29) is 5.91 Å². The van der Waals surface area contributed by atoms with E-state index in [0.717, 1.165) is 11.1 Å². The first-order valence-electron chi connectivity index (χ1n) is 6.03. The number of amides is 1. The molecule has 3 atom stereocenters. The van der Waals surface area contributed by atoms with Gasteiger partial charge in [-0.2, -0.15) is 0 Å². The first-order chi connectivity index (χ1) is 8.39. The van der Waals surface area contributed by atoms with Gasteiger partial charge in [0.25, 0.3) is 0 Å². The molecule has 0 spiro atoms. The molecule has 4 heteroatoms. The molecule has 18 heavy (non-hydrogen) atoms. The minimum absolute atomic E-state index is 0.0649. The molecule has 1 aromatic carbocycles. The monoisotopic (exact) mass is 245 g/mol. The number of carboxylic acid groups (broad SMARTS) is 1. The lowest BCUT2D eigenvalue weighted by molar-refractivity contribution is -0.158. The minimum atomic E-state index is -0.934. The van der Waals surface area contributed by atoms with Crippen LogP contribution in [0.2, 0.25) is 0 Å². The molecule has 2 N–H and O–H groups in total. The number of rotatable bonds is 1. The summed E-state index contributed by atoms with van der Waals surface area (Å²) in [6, 6.07) is 7.20. The zero-order chi connectivity index (χ0) is 13.1. The largest absolute Gasteiger partial charge is 0.481 e. The molecule has 0 aromatic heterocycles. The molecule has 0 radical (unpaired) electrons. The van der Waals surface area contributed by atoms with Crippen LogP contribution in [0.25, 0.3) is 0 Å². The Morgan fingerprint density at radius 2 is 2.06 bits per heavy atom. The Kier molecular flexibility index (Phi) is 1.96. The fourth-order valence-corrected chi connectivity index (χ4v) is 3.46. The van der Waals surface area contributed by atoms with Crippen LogP contribution in [0.1, 0.15) is 37.4 Å². The third-order valence-corrected chi connectivity index (χ3v) is 4.49. The summed E-state index contributed by atoms with van der Waals surface area (Å²) in [5.41, 5.74) is 0.239. The number of nitrogens with one attached hydrogen (secondary N) is 1. The van der Waals surface area contributed by atoms with E-state index < -0.39 is 22.8 Å². The van der Waals surface area contributed by atoms with Crippen LogP contribution in [-0.2, 0) is 15.0 Å². The summed E-state index contributed by atoms with van der Waals surface area (Å²) < 4.78 is 0. The van der Waals surface area contributed by atoms with Gasteiger partial charge < -0.3 is 10.4 Å². The van der Waals surface area contributed by atoms with E-state index >= 15 is 0 Å². The maximum atomic E-state index is 12.1. The van der Waals surface area contributed by atoms with E-state index in [2.05, 4.69) is 5.32 Å². The molecule has 0 saturated carbocycles. The first kappa shape index (κ1) is 11.3. The van der Waals surface area contributed by atoms with E-state index in [0.29, 0.717) is 6.42 Å². The molecular formula is C14H15NO3. The SMILES string of the molecule is CC1(C(=O)O)C[C@]2(C)C(=O)NC1c1ccccc12. The van der Waals surface area contributed by atoms with E-state index in [1.165, 1.54) is 0 Å². The second kappa shape index (κ2) is 3.13. The van der Waals surface area contributed by atoms with E-state index in [1.54, 1.807) is 6.92 Å². The van der Waals surface area contributed by atoms with Crippen LogP contribution in [0, 0.1) is 5.41 Å². The Bertz CT molecular complexity index is 568. The second-order valence-electron chi connectivity index (χ2n) is 5.73. The summed E-state index contributed by atoms with van der Waals surface area (Å²) in [5, 5.41) is 12.4. The van der Waals surface area contributed by atoms with Gasteiger partial charge in [-0.3, -0.25) is 9.59 Å². The summed E-state index contributed by atoms with van der Waals surface area (Å²) in [6.07, 6.45) is 0.350. The zero-order valence-corrected chi connectivity index (χ0v) is 10.4. The molecular weight excluding hydrogens is 230 g/mol. The highest BCUT2D eigenvalue weighted by Crippen LogP contribution is 2.55. The normalized spacial score (nSPS) is 37.0. The summed E-state index contributed by atoms with van der Waals surface area (Å²) in [4.78, 5) is 23.7. The first-order valence-corrected chi connectivity index (χ1v) is 6.03. The maximum Gasteiger partial charge on any atom is 0.311 e. The lowest BCUT2D eigenvalue weighted by Crippen LogP contribution is -2.63. The number of carbonyl (C=O) groups excluding carboxylic acids is 1. The van der Waals surface area contributed by atoms with Crippen molar-refractivity contribution in [3.8, 4) is 0 Å². The third kappa shape index (κ3) is 1.10. The summed E-state index contributed by atoms with van der Waals surface area (Å²) >= 11 is 0. The molecule has 4 nitrogen and oxygen atoms in total. The Balaban J connectivity index is 2.28. The van der Waals surface area contributed by atoms with Crippen LogP contribution in [0.5, 0.6) is 0 Å². The Morgan fingerprint density at radius 3 is 2.72 bits per heavy atom. The van der Waals surface area contributed by atoms with Gasteiger partial charge in [0.15, 0.2) is 0 Å². The number of aliphatic carboxylic acids is 1. The Hall–Kier alpha value is -1.84. The molecule has 1 saturated heterocycles. The van der Waals surface area contributed by atoms with Crippen molar-refractivity contribution in [2.45, 2.75) is 31.7 Å². The molecule has 2 bridgehead atoms.